The van der Waals surface area contributed by atoms with Crippen molar-refractivity contribution >= 4 is 5.82 Å². The molecule has 0 amide bonds. The zero-order chi connectivity index (χ0) is 13.7. The molecule has 0 bridgehead atoms. The topological polar surface area (TPSA) is 66.5 Å². The van der Waals surface area contributed by atoms with Gasteiger partial charge in [-0.25, -0.2) is 9.97 Å². The van der Waals surface area contributed by atoms with E-state index in [9.17, 15) is 0 Å². The average molecular weight is 255 g/mol. The van der Waals surface area contributed by atoms with Crippen molar-refractivity contribution in [3.05, 3.63) is 42.1 Å². The lowest BCUT2D eigenvalue weighted by molar-refractivity contribution is 0.502. The van der Waals surface area contributed by atoms with Crippen LogP contribution in [0.3, 0.4) is 0 Å². The highest BCUT2D eigenvalue weighted by atomic mass is 15.0. The van der Waals surface area contributed by atoms with E-state index in [1.54, 1.807) is 12.3 Å². The molecule has 5 heteroatoms. The summed E-state index contributed by atoms with van der Waals surface area (Å²) < 4.78 is 2.04. The van der Waals surface area contributed by atoms with Crippen LogP contribution in [-0.2, 0) is 6.54 Å². The fraction of sp³-hybridized carbons (Fsp3) is 0.357. The molecule has 0 spiro atoms. The molecule has 0 aromatic carbocycles. The fourth-order valence-electron chi connectivity index (χ4n) is 1.87. The SMILES string of the molecule is Cc1ccc(C#N)c(NCC(C)Cn2ccnc2)n1. The van der Waals surface area contributed by atoms with Crippen LogP contribution in [0.4, 0.5) is 5.82 Å². The summed E-state index contributed by atoms with van der Waals surface area (Å²) in [6.07, 6.45) is 5.53. The van der Waals surface area contributed by atoms with E-state index in [0.717, 1.165) is 18.8 Å². The van der Waals surface area contributed by atoms with Crippen LogP contribution in [0, 0.1) is 24.2 Å². The van der Waals surface area contributed by atoms with Crippen molar-refractivity contribution in [1.82, 2.24) is 14.5 Å². The van der Waals surface area contributed by atoms with Crippen molar-refractivity contribution < 1.29 is 0 Å². The van der Waals surface area contributed by atoms with Gasteiger partial charge in [-0.2, -0.15) is 5.26 Å². The van der Waals surface area contributed by atoms with Gasteiger partial charge in [0.15, 0.2) is 0 Å². The normalized spacial score (nSPS) is 11.8. The van der Waals surface area contributed by atoms with Crippen LogP contribution < -0.4 is 5.32 Å². The summed E-state index contributed by atoms with van der Waals surface area (Å²) in [6, 6.07) is 5.79. The van der Waals surface area contributed by atoms with Crippen LogP contribution >= 0.6 is 0 Å². The highest BCUT2D eigenvalue weighted by molar-refractivity contribution is 5.52. The molecule has 0 saturated carbocycles. The molecule has 5 nitrogen and oxygen atoms in total. The van der Waals surface area contributed by atoms with Gasteiger partial charge in [0, 0.05) is 31.2 Å². The number of nitrogens with one attached hydrogen (secondary N) is 1. The number of imidazole rings is 1. The molecular weight excluding hydrogens is 238 g/mol. The number of aromatic nitrogens is 3. The van der Waals surface area contributed by atoms with Crippen molar-refractivity contribution in [1.29, 1.82) is 5.26 Å². The summed E-state index contributed by atoms with van der Waals surface area (Å²) in [5, 5.41) is 12.3. The van der Waals surface area contributed by atoms with Crippen LogP contribution in [-0.4, -0.2) is 21.1 Å². The van der Waals surface area contributed by atoms with Crippen molar-refractivity contribution in [2.24, 2.45) is 5.92 Å². The first-order valence-electron chi connectivity index (χ1n) is 6.26. The number of rotatable bonds is 5. The molecule has 2 aromatic heterocycles. The molecule has 1 unspecified atom stereocenters. The number of anilines is 1. The van der Waals surface area contributed by atoms with Gasteiger partial charge in [-0.3, -0.25) is 0 Å². The van der Waals surface area contributed by atoms with Crippen molar-refractivity contribution in [2.45, 2.75) is 20.4 Å². The number of hydrogen-bond acceptors (Lipinski definition) is 4. The van der Waals surface area contributed by atoms with E-state index in [4.69, 9.17) is 5.26 Å². The first-order chi connectivity index (χ1) is 9.19. The summed E-state index contributed by atoms with van der Waals surface area (Å²) in [5.74, 6) is 1.09. The minimum absolute atomic E-state index is 0.419. The maximum absolute atomic E-state index is 9.04. The van der Waals surface area contributed by atoms with E-state index in [0.29, 0.717) is 17.3 Å². The van der Waals surface area contributed by atoms with Crippen LogP contribution in [0.15, 0.2) is 30.9 Å². The Morgan fingerprint density at radius 3 is 3.00 bits per heavy atom. The minimum atomic E-state index is 0.419. The van der Waals surface area contributed by atoms with Gasteiger partial charge in [0.1, 0.15) is 11.9 Å². The van der Waals surface area contributed by atoms with Gasteiger partial charge in [0.05, 0.1) is 11.9 Å². The first kappa shape index (κ1) is 13.1. The predicted octanol–water partition coefficient (Wildman–Crippen LogP) is 2.21. The zero-order valence-electron chi connectivity index (χ0n) is 11.2. The van der Waals surface area contributed by atoms with Gasteiger partial charge in [-0.05, 0) is 25.0 Å². The third-order valence-corrected chi connectivity index (χ3v) is 2.85. The second-order valence-electron chi connectivity index (χ2n) is 4.71. The van der Waals surface area contributed by atoms with Crippen LogP contribution in [0.5, 0.6) is 0 Å². The Morgan fingerprint density at radius 1 is 1.47 bits per heavy atom. The molecule has 0 radical (unpaired) electrons. The second kappa shape index (κ2) is 6.01. The summed E-state index contributed by atoms with van der Waals surface area (Å²) >= 11 is 0. The highest BCUT2D eigenvalue weighted by Crippen LogP contribution is 2.13. The molecule has 19 heavy (non-hydrogen) atoms. The number of nitrogens with zero attached hydrogens (tertiary/aromatic N) is 4. The molecule has 2 aromatic rings. The van der Waals surface area contributed by atoms with Gasteiger partial charge in [-0.1, -0.05) is 6.92 Å². The molecular formula is C14H17N5. The Balaban J connectivity index is 1.95. The Hall–Kier alpha value is -2.35. The van der Waals surface area contributed by atoms with E-state index in [1.165, 1.54) is 0 Å². The largest absolute Gasteiger partial charge is 0.369 e. The van der Waals surface area contributed by atoms with Gasteiger partial charge in [0.25, 0.3) is 0 Å². The number of hydrogen-bond donors (Lipinski definition) is 1. The molecule has 0 aliphatic carbocycles. The smallest absolute Gasteiger partial charge is 0.144 e. The number of aryl methyl sites for hydroxylation is 1. The molecule has 2 rings (SSSR count). The molecule has 0 fully saturated rings. The second-order valence-corrected chi connectivity index (χ2v) is 4.71. The molecule has 1 N–H and O–H groups in total. The first-order valence-corrected chi connectivity index (χ1v) is 6.26. The van der Waals surface area contributed by atoms with E-state index in [2.05, 4.69) is 28.3 Å². The van der Waals surface area contributed by atoms with Crippen LogP contribution in [0.1, 0.15) is 18.2 Å². The molecule has 1 atom stereocenters. The van der Waals surface area contributed by atoms with Crippen LogP contribution in [0.2, 0.25) is 0 Å². The van der Waals surface area contributed by atoms with Crippen molar-refractivity contribution in [3.63, 3.8) is 0 Å². The fourth-order valence-corrected chi connectivity index (χ4v) is 1.87. The van der Waals surface area contributed by atoms with Crippen molar-refractivity contribution in [3.8, 4) is 6.07 Å². The lowest BCUT2D eigenvalue weighted by Gasteiger charge is -2.14. The lowest BCUT2D eigenvalue weighted by Crippen LogP contribution is -2.17. The van der Waals surface area contributed by atoms with E-state index >= 15 is 0 Å². The molecule has 2 heterocycles. The highest BCUT2D eigenvalue weighted by Gasteiger charge is 2.07. The summed E-state index contributed by atoms with van der Waals surface area (Å²) in [6.45, 7) is 5.72. The Morgan fingerprint density at radius 2 is 2.32 bits per heavy atom. The Bertz CT molecular complexity index is 568. The van der Waals surface area contributed by atoms with Gasteiger partial charge < -0.3 is 9.88 Å². The van der Waals surface area contributed by atoms with E-state index < -0.39 is 0 Å². The van der Waals surface area contributed by atoms with Crippen molar-refractivity contribution in [2.75, 3.05) is 11.9 Å². The quantitative estimate of drug-likeness (QED) is 0.889. The van der Waals surface area contributed by atoms with Gasteiger partial charge in [0.2, 0.25) is 0 Å². The standard InChI is InChI=1S/C14H17N5/c1-11(9-19-6-5-16-10-19)8-17-14-13(7-15)4-3-12(2)18-14/h3-6,10-11H,8-9H2,1-2H3,(H,17,18). The molecule has 0 aliphatic rings. The van der Waals surface area contributed by atoms with Crippen LogP contribution in [0.25, 0.3) is 0 Å². The predicted molar refractivity (Wildman–Crippen MR) is 73.6 cm³/mol. The summed E-state index contributed by atoms with van der Waals surface area (Å²) in [5.41, 5.74) is 1.49. The van der Waals surface area contributed by atoms with E-state index in [1.807, 2.05) is 30.1 Å². The minimum Gasteiger partial charge on any atom is -0.369 e. The van der Waals surface area contributed by atoms with E-state index in [-0.39, 0.29) is 0 Å². The maximum Gasteiger partial charge on any atom is 0.144 e. The average Bonchev–Trinajstić information content (AvgIpc) is 2.89. The number of nitriles is 1. The molecule has 98 valence electrons. The summed E-state index contributed by atoms with van der Waals surface area (Å²) in [4.78, 5) is 8.38. The summed E-state index contributed by atoms with van der Waals surface area (Å²) in [7, 11) is 0. The molecule has 0 saturated heterocycles. The Labute approximate surface area is 112 Å². The third-order valence-electron chi connectivity index (χ3n) is 2.85. The maximum atomic E-state index is 9.04. The Kier molecular flexibility index (Phi) is 4.14. The third kappa shape index (κ3) is 3.55. The zero-order valence-corrected chi connectivity index (χ0v) is 11.2. The lowest BCUT2D eigenvalue weighted by atomic mass is 10.1. The number of pyridine rings is 1. The monoisotopic (exact) mass is 255 g/mol. The van der Waals surface area contributed by atoms with Gasteiger partial charge >= 0.3 is 0 Å². The molecule has 0 aliphatic heterocycles. The van der Waals surface area contributed by atoms with Gasteiger partial charge in [-0.15, -0.1) is 0 Å².